The lowest BCUT2D eigenvalue weighted by molar-refractivity contribution is -0.0372. The van der Waals surface area contributed by atoms with Gasteiger partial charge in [0, 0.05) is 6.61 Å². The van der Waals surface area contributed by atoms with Crippen molar-refractivity contribution in [3.8, 4) is 0 Å². The fourth-order valence-corrected chi connectivity index (χ4v) is 2.81. The second-order valence-corrected chi connectivity index (χ2v) is 5.71. The Labute approximate surface area is 123 Å². The quantitative estimate of drug-likeness (QED) is 0.716. The van der Waals surface area contributed by atoms with Gasteiger partial charge in [0.1, 0.15) is 5.52 Å². The molecule has 0 saturated carbocycles. The molecule has 1 saturated heterocycles. The van der Waals surface area contributed by atoms with E-state index < -0.39 is 0 Å². The van der Waals surface area contributed by atoms with E-state index in [1.807, 2.05) is 11.6 Å². The van der Waals surface area contributed by atoms with Crippen molar-refractivity contribution in [1.82, 2.24) is 19.7 Å². The van der Waals surface area contributed by atoms with Crippen LogP contribution in [0.15, 0.2) is 0 Å². The Bertz CT molecular complexity index is 594. The minimum absolute atomic E-state index is 0.0437. The van der Waals surface area contributed by atoms with E-state index in [1.54, 1.807) is 0 Å². The molecule has 3 rings (SSSR count). The number of fused-ring (bicyclic) bond motifs is 1. The van der Waals surface area contributed by atoms with E-state index in [2.05, 4.69) is 37.7 Å². The number of rotatable bonds is 1. The highest BCUT2D eigenvalue weighted by Crippen LogP contribution is 2.28. The highest BCUT2D eigenvalue weighted by molar-refractivity contribution is 14.1. The summed E-state index contributed by atoms with van der Waals surface area (Å²) >= 11 is 8.22. The number of hydrogen-bond donors (Lipinski definition) is 0. The standard InChI is InChI=1S/C11H12ClIN4O/c1-6-9(12)15-11-8(14-6)10(13)16-17(11)7-4-2-3-5-18-7/h7H,2-5H2,1H3. The molecule has 2 aromatic rings. The smallest absolute Gasteiger partial charge is 0.181 e. The van der Waals surface area contributed by atoms with Crippen LogP contribution < -0.4 is 0 Å². The molecule has 0 aromatic carbocycles. The van der Waals surface area contributed by atoms with Crippen molar-refractivity contribution >= 4 is 45.4 Å². The van der Waals surface area contributed by atoms with Gasteiger partial charge in [0.2, 0.25) is 0 Å². The third-order valence-corrected chi connectivity index (χ3v) is 4.11. The lowest BCUT2D eigenvalue weighted by Crippen LogP contribution is -2.19. The summed E-state index contributed by atoms with van der Waals surface area (Å²) < 4.78 is 8.39. The van der Waals surface area contributed by atoms with Gasteiger partial charge in [-0.1, -0.05) is 11.6 Å². The molecule has 1 fully saturated rings. The Kier molecular flexibility index (Phi) is 3.42. The van der Waals surface area contributed by atoms with Crippen LogP contribution in [0.1, 0.15) is 31.2 Å². The Morgan fingerprint density at radius 1 is 1.39 bits per heavy atom. The second kappa shape index (κ2) is 4.90. The van der Waals surface area contributed by atoms with Crippen molar-refractivity contribution in [3.63, 3.8) is 0 Å². The zero-order chi connectivity index (χ0) is 12.7. The molecule has 0 aliphatic carbocycles. The summed E-state index contributed by atoms with van der Waals surface area (Å²) in [5.74, 6) is 0. The molecular weight excluding hydrogens is 367 g/mol. The van der Waals surface area contributed by atoms with Crippen molar-refractivity contribution in [2.24, 2.45) is 0 Å². The zero-order valence-corrected chi connectivity index (χ0v) is 12.8. The molecular formula is C11H12ClIN4O. The van der Waals surface area contributed by atoms with Crippen molar-refractivity contribution in [1.29, 1.82) is 0 Å². The van der Waals surface area contributed by atoms with Crippen molar-refractivity contribution in [3.05, 3.63) is 14.5 Å². The van der Waals surface area contributed by atoms with Crippen molar-refractivity contribution < 1.29 is 4.74 Å². The van der Waals surface area contributed by atoms with E-state index in [1.165, 1.54) is 0 Å². The van der Waals surface area contributed by atoms with E-state index in [-0.39, 0.29) is 6.23 Å². The predicted octanol–water partition coefficient (Wildman–Crippen LogP) is 3.09. The predicted molar refractivity (Wildman–Crippen MR) is 76.6 cm³/mol. The summed E-state index contributed by atoms with van der Waals surface area (Å²) in [5, 5.41) is 4.92. The number of halogens is 2. The zero-order valence-electron chi connectivity index (χ0n) is 9.86. The minimum Gasteiger partial charge on any atom is -0.356 e. The topological polar surface area (TPSA) is 52.8 Å². The molecule has 2 aromatic heterocycles. The fraction of sp³-hybridized carbons (Fsp3) is 0.545. The molecule has 1 aliphatic rings. The summed E-state index contributed by atoms with van der Waals surface area (Å²) in [7, 11) is 0. The Hall–Kier alpha value is -0.470. The second-order valence-electron chi connectivity index (χ2n) is 4.33. The van der Waals surface area contributed by atoms with Crippen LogP contribution in [0.2, 0.25) is 5.15 Å². The molecule has 0 amide bonds. The summed E-state index contributed by atoms with van der Waals surface area (Å²) in [6.07, 6.45) is 3.17. The van der Waals surface area contributed by atoms with Crippen LogP contribution in [0.5, 0.6) is 0 Å². The van der Waals surface area contributed by atoms with Crippen LogP contribution in [0.25, 0.3) is 11.2 Å². The molecule has 0 bridgehead atoms. The molecule has 0 N–H and O–H groups in total. The Balaban J connectivity index is 2.14. The first-order chi connectivity index (χ1) is 8.66. The maximum absolute atomic E-state index is 6.05. The highest BCUT2D eigenvalue weighted by Gasteiger charge is 2.22. The molecule has 1 unspecified atom stereocenters. The normalized spacial score (nSPS) is 20.5. The summed E-state index contributed by atoms with van der Waals surface area (Å²) in [5.41, 5.74) is 2.24. The lowest BCUT2D eigenvalue weighted by Gasteiger charge is -2.22. The van der Waals surface area contributed by atoms with Gasteiger partial charge in [-0.05, 0) is 48.8 Å². The average molecular weight is 379 g/mol. The van der Waals surface area contributed by atoms with Crippen molar-refractivity contribution in [2.45, 2.75) is 32.4 Å². The van der Waals surface area contributed by atoms with Crippen LogP contribution >= 0.6 is 34.2 Å². The van der Waals surface area contributed by atoms with Gasteiger partial charge in [0.05, 0.1) is 5.69 Å². The summed E-state index contributed by atoms with van der Waals surface area (Å²) in [4.78, 5) is 8.84. The molecule has 1 atom stereocenters. The molecule has 18 heavy (non-hydrogen) atoms. The Morgan fingerprint density at radius 3 is 2.94 bits per heavy atom. The Morgan fingerprint density at radius 2 is 2.22 bits per heavy atom. The molecule has 3 heterocycles. The van der Waals surface area contributed by atoms with Crippen LogP contribution in [0.4, 0.5) is 0 Å². The maximum atomic E-state index is 6.05. The third-order valence-electron chi connectivity index (χ3n) is 3.03. The highest BCUT2D eigenvalue weighted by atomic mass is 127. The summed E-state index contributed by atoms with van der Waals surface area (Å²) in [6.45, 7) is 2.62. The van der Waals surface area contributed by atoms with Crippen LogP contribution in [-0.2, 0) is 4.74 Å². The number of hydrogen-bond acceptors (Lipinski definition) is 4. The minimum atomic E-state index is -0.0437. The molecule has 5 nitrogen and oxygen atoms in total. The number of nitrogens with zero attached hydrogens (tertiary/aromatic N) is 4. The van der Waals surface area contributed by atoms with Crippen LogP contribution in [-0.4, -0.2) is 26.4 Å². The van der Waals surface area contributed by atoms with Gasteiger partial charge in [0.25, 0.3) is 0 Å². The first-order valence-electron chi connectivity index (χ1n) is 5.86. The number of aryl methyl sites for hydroxylation is 1. The van der Waals surface area contributed by atoms with Gasteiger partial charge in [0.15, 0.2) is 20.7 Å². The summed E-state index contributed by atoms with van der Waals surface area (Å²) in [6, 6.07) is 0. The van der Waals surface area contributed by atoms with Gasteiger partial charge >= 0.3 is 0 Å². The van der Waals surface area contributed by atoms with Crippen LogP contribution in [0, 0.1) is 10.6 Å². The van der Waals surface area contributed by atoms with E-state index in [4.69, 9.17) is 16.3 Å². The largest absolute Gasteiger partial charge is 0.356 e. The molecule has 0 spiro atoms. The van der Waals surface area contributed by atoms with E-state index >= 15 is 0 Å². The van der Waals surface area contributed by atoms with E-state index in [9.17, 15) is 0 Å². The monoisotopic (exact) mass is 378 g/mol. The maximum Gasteiger partial charge on any atom is 0.181 e. The first-order valence-corrected chi connectivity index (χ1v) is 7.32. The molecule has 0 radical (unpaired) electrons. The van der Waals surface area contributed by atoms with Gasteiger partial charge in [-0.2, -0.15) is 5.10 Å². The number of aromatic nitrogens is 4. The average Bonchev–Trinajstić information content (AvgIpc) is 2.69. The van der Waals surface area contributed by atoms with Crippen molar-refractivity contribution in [2.75, 3.05) is 6.61 Å². The number of ether oxygens (including phenoxy) is 1. The third kappa shape index (κ3) is 2.10. The van der Waals surface area contributed by atoms with Gasteiger partial charge in [-0.25, -0.2) is 14.6 Å². The fourth-order valence-electron chi connectivity index (χ4n) is 2.10. The van der Waals surface area contributed by atoms with Gasteiger partial charge in [-0.15, -0.1) is 0 Å². The van der Waals surface area contributed by atoms with E-state index in [0.29, 0.717) is 10.8 Å². The van der Waals surface area contributed by atoms with Gasteiger partial charge in [-0.3, -0.25) is 0 Å². The SMILES string of the molecule is Cc1nc2c(I)nn(C3CCCCO3)c2nc1Cl. The van der Waals surface area contributed by atoms with Gasteiger partial charge < -0.3 is 4.74 Å². The molecule has 96 valence electrons. The van der Waals surface area contributed by atoms with Crippen LogP contribution in [0.3, 0.4) is 0 Å². The first kappa shape index (κ1) is 12.6. The van der Waals surface area contributed by atoms with E-state index in [0.717, 1.165) is 40.8 Å². The molecule has 1 aliphatic heterocycles. The lowest BCUT2D eigenvalue weighted by atomic mass is 10.2. The molecule has 7 heteroatoms.